The SMILES string of the molecule is COC(=O)C1CCN(CC[O])C1. The first kappa shape index (κ1) is 9.48. The van der Waals surface area contributed by atoms with Gasteiger partial charge < -0.3 is 9.64 Å². The molecule has 0 amide bonds. The predicted octanol–water partition coefficient (Wildman–Crippen LogP) is -0.0882. The Morgan fingerprint density at radius 2 is 2.42 bits per heavy atom. The maximum absolute atomic E-state index is 11.0. The van der Waals surface area contributed by atoms with Gasteiger partial charge in [0.25, 0.3) is 0 Å². The van der Waals surface area contributed by atoms with Gasteiger partial charge in [-0.25, -0.2) is 5.11 Å². The van der Waals surface area contributed by atoms with Crippen LogP contribution in [-0.4, -0.2) is 44.2 Å². The average molecular weight is 172 g/mol. The number of hydrogen-bond donors (Lipinski definition) is 0. The molecule has 1 radical (unpaired) electrons. The Balaban J connectivity index is 2.30. The van der Waals surface area contributed by atoms with Crippen molar-refractivity contribution in [2.75, 3.05) is 33.4 Å². The molecule has 0 spiro atoms. The molecule has 1 rings (SSSR count). The van der Waals surface area contributed by atoms with E-state index in [1.165, 1.54) is 7.11 Å². The molecule has 1 atom stereocenters. The Morgan fingerprint density at radius 1 is 1.67 bits per heavy atom. The molecule has 0 aromatic heterocycles. The highest BCUT2D eigenvalue weighted by atomic mass is 16.5. The van der Waals surface area contributed by atoms with E-state index in [1.807, 2.05) is 4.90 Å². The number of likely N-dealkylation sites (tertiary alicyclic amines) is 1. The van der Waals surface area contributed by atoms with Crippen molar-refractivity contribution in [1.29, 1.82) is 0 Å². The molecular formula is C8H14NO3. The molecule has 1 unspecified atom stereocenters. The van der Waals surface area contributed by atoms with Crippen molar-refractivity contribution in [2.24, 2.45) is 5.92 Å². The van der Waals surface area contributed by atoms with E-state index in [9.17, 15) is 9.90 Å². The monoisotopic (exact) mass is 172 g/mol. The molecule has 12 heavy (non-hydrogen) atoms. The minimum Gasteiger partial charge on any atom is -0.469 e. The summed E-state index contributed by atoms with van der Waals surface area (Å²) in [5.74, 6) is -0.162. The van der Waals surface area contributed by atoms with Gasteiger partial charge in [-0.1, -0.05) is 0 Å². The zero-order chi connectivity index (χ0) is 8.97. The minimum absolute atomic E-state index is 0.0125. The molecule has 1 fully saturated rings. The van der Waals surface area contributed by atoms with Gasteiger partial charge in [0.05, 0.1) is 19.6 Å². The summed E-state index contributed by atoms with van der Waals surface area (Å²) in [6, 6.07) is 0. The van der Waals surface area contributed by atoms with Crippen LogP contribution in [0.2, 0.25) is 0 Å². The summed E-state index contributed by atoms with van der Waals surface area (Å²) in [5.41, 5.74) is 0. The van der Waals surface area contributed by atoms with Crippen LogP contribution in [0.1, 0.15) is 6.42 Å². The van der Waals surface area contributed by atoms with Crippen LogP contribution in [0.4, 0.5) is 0 Å². The summed E-state index contributed by atoms with van der Waals surface area (Å²) in [6.07, 6.45) is 0.826. The maximum Gasteiger partial charge on any atom is 0.310 e. The first-order valence-corrected chi connectivity index (χ1v) is 4.16. The number of esters is 1. The summed E-state index contributed by atoms with van der Waals surface area (Å²) in [4.78, 5) is 13.0. The van der Waals surface area contributed by atoms with Crippen molar-refractivity contribution in [3.8, 4) is 0 Å². The highest BCUT2D eigenvalue weighted by Crippen LogP contribution is 2.16. The van der Waals surface area contributed by atoms with Crippen LogP contribution < -0.4 is 0 Å². The molecule has 0 aromatic carbocycles. The lowest BCUT2D eigenvalue weighted by Crippen LogP contribution is -2.26. The van der Waals surface area contributed by atoms with Crippen molar-refractivity contribution < 1.29 is 14.6 Å². The zero-order valence-corrected chi connectivity index (χ0v) is 7.28. The Bertz CT molecular complexity index is 160. The average Bonchev–Trinajstić information content (AvgIpc) is 2.52. The van der Waals surface area contributed by atoms with E-state index < -0.39 is 0 Å². The molecule has 0 N–H and O–H groups in total. The molecule has 4 nitrogen and oxygen atoms in total. The molecule has 1 aliphatic rings. The van der Waals surface area contributed by atoms with Crippen LogP contribution in [0, 0.1) is 5.92 Å². The lowest BCUT2D eigenvalue weighted by atomic mass is 10.1. The number of carbonyl (C=O) groups excluding carboxylic acids is 1. The Kier molecular flexibility index (Phi) is 3.49. The molecule has 0 aliphatic carbocycles. The highest BCUT2D eigenvalue weighted by molar-refractivity contribution is 5.72. The molecule has 4 heteroatoms. The lowest BCUT2D eigenvalue weighted by molar-refractivity contribution is -0.144. The molecule has 0 bridgehead atoms. The van der Waals surface area contributed by atoms with Crippen molar-refractivity contribution in [3.05, 3.63) is 0 Å². The van der Waals surface area contributed by atoms with E-state index in [0.29, 0.717) is 13.1 Å². The van der Waals surface area contributed by atoms with Crippen molar-refractivity contribution >= 4 is 5.97 Å². The highest BCUT2D eigenvalue weighted by Gasteiger charge is 2.28. The predicted molar refractivity (Wildman–Crippen MR) is 42.1 cm³/mol. The van der Waals surface area contributed by atoms with E-state index in [-0.39, 0.29) is 18.5 Å². The number of nitrogens with zero attached hydrogens (tertiary/aromatic N) is 1. The summed E-state index contributed by atoms with van der Waals surface area (Å²) in [6.45, 7) is 2.00. The zero-order valence-electron chi connectivity index (χ0n) is 7.28. The van der Waals surface area contributed by atoms with E-state index in [2.05, 4.69) is 4.74 Å². The second-order valence-electron chi connectivity index (χ2n) is 3.01. The van der Waals surface area contributed by atoms with Crippen LogP contribution >= 0.6 is 0 Å². The molecule has 0 aromatic rings. The van der Waals surface area contributed by atoms with Crippen LogP contribution in [0.5, 0.6) is 0 Å². The van der Waals surface area contributed by atoms with Gasteiger partial charge in [0.15, 0.2) is 0 Å². The summed E-state index contributed by atoms with van der Waals surface area (Å²) in [7, 11) is 1.40. The number of ether oxygens (including phenoxy) is 1. The van der Waals surface area contributed by atoms with Gasteiger partial charge in [-0.05, 0) is 13.0 Å². The topological polar surface area (TPSA) is 49.4 Å². The van der Waals surface area contributed by atoms with E-state index in [0.717, 1.165) is 13.0 Å². The lowest BCUT2D eigenvalue weighted by Gasteiger charge is -2.12. The maximum atomic E-state index is 11.0. The molecule has 1 aliphatic heterocycles. The van der Waals surface area contributed by atoms with Gasteiger partial charge in [-0.3, -0.25) is 4.79 Å². The first-order chi connectivity index (χ1) is 5.77. The Morgan fingerprint density at radius 3 is 3.00 bits per heavy atom. The van der Waals surface area contributed by atoms with Crippen molar-refractivity contribution in [1.82, 2.24) is 4.90 Å². The number of hydrogen-bond acceptors (Lipinski definition) is 3. The smallest absolute Gasteiger partial charge is 0.310 e. The fraction of sp³-hybridized carbons (Fsp3) is 0.875. The Hall–Kier alpha value is -0.610. The summed E-state index contributed by atoms with van der Waals surface area (Å²) < 4.78 is 4.62. The summed E-state index contributed by atoms with van der Waals surface area (Å²) in [5, 5.41) is 10.3. The van der Waals surface area contributed by atoms with Crippen LogP contribution in [0.15, 0.2) is 0 Å². The molecule has 0 saturated carbocycles. The number of rotatable bonds is 3. The number of carbonyl (C=O) groups is 1. The molecule has 1 saturated heterocycles. The first-order valence-electron chi connectivity index (χ1n) is 4.16. The van der Waals surface area contributed by atoms with E-state index in [1.54, 1.807) is 0 Å². The fourth-order valence-corrected chi connectivity index (χ4v) is 1.52. The van der Waals surface area contributed by atoms with Crippen molar-refractivity contribution in [3.63, 3.8) is 0 Å². The minimum atomic E-state index is -0.150. The number of methoxy groups -OCH3 is 1. The third-order valence-electron chi connectivity index (χ3n) is 2.21. The standard InChI is InChI=1S/C8H14NO3/c1-12-8(11)7-2-3-9(6-7)4-5-10/h7H,2-6H2,1H3. The summed E-state index contributed by atoms with van der Waals surface area (Å²) >= 11 is 0. The van der Waals surface area contributed by atoms with Gasteiger partial charge >= 0.3 is 5.97 Å². The van der Waals surface area contributed by atoms with Gasteiger partial charge in [-0.2, -0.15) is 0 Å². The fourth-order valence-electron chi connectivity index (χ4n) is 1.52. The van der Waals surface area contributed by atoms with E-state index in [4.69, 9.17) is 0 Å². The largest absolute Gasteiger partial charge is 0.469 e. The second-order valence-corrected chi connectivity index (χ2v) is 3.01. The second kappa shape index (κ2) is 4.42. The quantitative estimate of drug-likeness (QED) is 0.559. The third kappa shape index (κ3) is 2.19. The van der Waals surface area contributed by atoms with Gasteiger partial charge in [0.1, 0.15) is 0 Å². The third-order valence-corrected chi connectivity index (χ3v) is 2.21. The molecule has 69 valence electrons. The van der Waals surface area contributed by atoms with Gasteiger partial charge in [0.2, 0.25) is 0 Å². The van der Waals surface area contributed by atoms with Crippen LogP contribution in [0.25, 0.3) is 0 Å². The van der Waals surface area contributed by atoms with Gasteiger partial charge in [-0.15, -0.1) is 0 Å². The van der Waals surface area contributed by atoms with Crippen LogP contribution in [-0.2, 0) is 14.6 Å². The van der Waals surface area contributed by atoms with E-state index >= 15 is 0 Å². The Labute approximate surface area is 72.1 Å². The van der Waals surface area contributed by atoms with Crippen molar-refractivity contribution in [2.45, 2.75) is 6.42 Å². The molecular weight excluding hydrogens is 158 g/mol. The molecule has 1 heterocycles. The normalized spacial score (nSPS) is 24.3. The van der Waals surface area contributed by atoms with Crippen LogP contribution in [0.3, 0.4) is 0 Å². The van der Waals surface area contributed by atoms with Gasteiger partial charge in [0, 0.05) is 13.1 Å².